The van der Waals surface area contributed by atoms with Gasteiger partial charge in [-0.2, -0.15) is 0 Å². The van der Waals surface area contributed by atoms with Gasteiger partial charge in [-0.25, -0.2) is 0 Å². The van der Waals surface area contributed by atoms with Gasteiger partial charge in [0, 0.05) is 6.54 Å². The van der Waals surface area contributed by atoms with Crippen molar-refractivity contribution in [3.63, 3.8) is 0 Å². The van der Waals surface area contributed by atoms with Crippen molar-refractivity contribution in [2.45, 2.75) is 31.7 Å². The molecule has 2 aliphatic rings. The lowest BCUT2D eigenvalue weighted by Crippen LogP contribution is -2.45. The second-order valence-electron chi connectivity index (χ2n) is 4.31. The summed E-state index contributed by atoms with van der Waals surface area (Å²) in [6, 6.07) is -0.226. The fourth-order valence-corrected chi connectivity index (χ4v) is 2.28. The summed E-state index contributed by atoms with van der Waals surface area (Å²) in [6.07, 6.45) is 4.58. The molecule has 1 N–H and O–H groups in total. The van der Waals surface area contributed by atoms with E-state index in [1.165, 1.54) is 12.8 Å². The molecule has 68 valence electrons. The third kappa shape index (κ3) is 1.22. The first-order valence-corrected chi connectivity index (χ1v) is 4.56. The number of rotatable bonds is 1. The summed E-state index contributed by atoms with van der Waals surface area (Å²) in [4.78, 5) is 12.8. The van der Waals surface area contributed by atoms with Crippen LogP contribution in [0.3, 0.4) is 0 Å². The molecule has 1 atom stereocenters. The molecule has 2 rings (SSSR count). The molecule has 1 spiro atoms. The third-order valence-corrected chi connectivity index (χ3v) is 3.31. The number of likely N-dealkylation sites (N-methyl/N-ethyl adjacent to an activating group) is 1. The third-order valence-electron chi connectivity index (χ3n) is 3.31. The molecule has 1 heterocycles. The SMILES string of the molecule is CN1CC2(CC[C@@H]1C(=O)O)CC2. The van der Waals surface area contributed by atoms with Gasteiger partial charge in [-0.3, -0.25) is 9.69 Å². The summed E-state index contributed by atoms with van der Waals surface area (Å²) < 4.78 is 0. The van der Waals surface area contributed by atoms with Crippen molar-refractivity contribution < 1.29 is 9.90 Å². The Morgan fingerprint density at radius 3 is 2.58 bits per heavy atom. The highest BCUT2D eigenvalue weighted by Crippen LogP contribution is 2.52. The van der Waals surface area contributed by atoms with Crippen LogP contribution in [0.15, 0.2) is 0 Å². The van der Waals surface area contributed by atoms with E-state index in [0.29, 0.717) is 5.41 Å². The molecule has 0 amide bonds. The lowest BCUT2D eigenvalue weighted by atomic mass is 9.91. The Morgan fingerprint density at radius 1 is 1.50 bits per heavy atom. The quantitative estimate of drug-likeness (QED) is 0.635. The largest absolute Gasteiger partial charge is 0.480 e. The maximum Gasteiger partial charge on any atom is 0.320 e. The van der Waals surface area contributed by atoms with Gasteiger partial charge in [-0.1, -0.05) is 0 Å². The summed E-state index contributed by atoms with van der Waals surface area (Å²) in [7, 11) is 1.93. The maximum atomic E-state index is 10.8. The van der Waals surface area contributed by atoms with E-state index in [1.807, 2.05) is 11.9 Å². The van der Waals surface area contributed by atoms with E-state index in [1.54, 1.807) is 0 Å². The molecule has 1 aliphatic carbocycles. The van der Waals surface area contributed by atoms with Crippen molar-refractivity contribution in [3.05, 3.63) is 0 Å². The van der Waals surface area contributed by atoms with E-state index >= 15 is 0 Å². The summed E-state index contributed by atoms with van der Waals surface area (Å²) in [6.45, 7) is 0.990. The number of likely N-dealkylation sites (tertiary alicyclic amines) is 1. The Hall–Kier alpha value is -0.570. The van der Waals surface area contributed by atoms with Gasteiger partial charge in [0.15, 0.2) is 0 Å². The molecule has 1 saturated carbocycles. The molecular weight excluding hydrogens is 154 g/mol. The van der Waals surface area contributed by atoms with Crippen molar-refractivity contribution in [1.29, 1.82) is 0 Å². The van der Waals surface area contributed by atoms with Crippen molar-refractivity contribution in [2.24, 2.45) is 5.41 Å². The van der Waals surface area contributed by atoms with Gasteiger partial charge in [0.25, 0.3) is 0 Å². The number of carbonyl (C=O) groups is 1. The number of carboxylic acid groups (broad SMARTS) is 1. The van der Waals surface area contributed by atoms with E-state index < -0.39 is 5.97 Å². The van der Waals surface area contributed by atoms with Crippen LogP contribution >= 0.6 is 0 Å². The number of hydrogen-bond acceptors (Lipinski definition) is 2. The molecule has 1 aliphatic heterocycles. The zero-order valence-corrected chi connectivity index (χ0v) is 7.42. The second-order valence-corrected chi connectivity index (χ2v) is 4.31. The van der Waals surface area contributed by atoms with Gasteiger partial charge in [0.1, 0.15) is 6.04 Å². The Kier molecular flexibility index (Phi) is 1.65. The van der Waals surface area contributed by atoms with Crippen LogP contribution in [0.4, 0.5) is 0 Å². The number of piperidine rings is 1. The summed E-state index contributed by atoms with van der Waals surface area (Å²) in [5.41, 5.74) is 0.528. The van der Waals surface area contributed by atoms with Crippen molar-refractivity contribution in [2.75, 3.05) is 13.6 Å². The van der Waals surface area contributed by atoms with Crippen LogP contribution in [0, 0.1) is 5.41 Å². The Bertz CT molecular complexity index is 211. The Balaban J connectivity index is 2.00. The van der Waals surface area contributed by atoms with Crippen molar-refractivity contribution >= 4 is 5.97 Å². The molecule has 1 saturated heterocycles. The number of carboxylic acids is 1. The first-order chi connectivity index (χ1) is 5.63. The Morgan fingerprint density at radius 2 is 2.17 bits per heavy atom. The number of aliphatic carboxylic acids is 1. The van der Waals surface area contributed by atoms with E-state index in [0.717, 1.165) is 19.4 Å². The Labute approximate surface area is 72.4 Å². The molecule has 0 aromatic heterocycles. The molecule has 12 heavy (non-hydrogen) atoms. The highest BCUT2D eigenvalue weighted by molar-refractivity contribution is 5.73. The number of nitrogens with zero attached hydrogens (tertiary/aromatic N) is 1. The van der Waals surface area contributed by atoms with Crippen LogP contribution in [0.25, 0.3) is 0 Å². The highest BCUT2D eigenvalue weighted by Gasteiger charge is 2.48. The van der Waals surface area contributed by atoms with Crippen molar-refractivity contribution in [3.8, 4) is 0 Å². The molecule has 2 fully saturated rings. The number of hydrogen-bond donors (Lipinski definition) is 1. The van der Waals surface area contributed by atoms with E-state index in [4.69, 9.17) is 5.11 Å². The fourth-order valence-electron chi connectivity index (χ4n) is 2.28. The highest BCUT2D eigenvalue weighted by atomic mass is 16.4. The molecule has 0 aromatic rings. The summed E-state index contributed by atoms with van der Waals surface area (Å²) >= 11 is 0. The van der Waals surface area contributed by atoms with Crippen LogP contribution in [-0.4, -0.2) is 35.6 Å². The van der Waals surface area contributed by atoms with Gasteiger partial charge in [0.05, 0.1) is 0 Å². The maximum absolute atomic E-state index is 10.8. The standard InChI is InChI=1S/C9H15NO2/c1-10-6-9(4-5-9)3-2-7(10)8(11)12/h7H,2-6H2,1H3,(H,11,12)/t7-/m1/s1. The van der Waals surface area contributed by atoms with Gasteiger partial charge in [-0.15, -0.1) is 0 Å². The van der Waals surface area contributed by atoms with Gasteiger partial charge < -0.3 is 5.11 Å². The minimum atomic E-state index is -0.659. The van der Waals surface area contributed by atoms with Gasteiger partial charge in [0.2, 0.25) is 0 Å². The second kappa shape index (κ2) is 2.46. The minimum absolute atomic E-state index is 0.226. The smallest absolute Gasteiger partial charge is 0.320 e. The van der Waals surface area contributed by atoms with E-state index in [-0.39, 0.29) is 6.04 Å². The normalized spacial score (nSPS) is 33.6. The van der Waals surface area contributed by atoms with Crippen LogP contribution in [-0.2, 0) is 4.79 Å². The van der Waals surface area contributed by atoms with E-state index in [2.05, 4.69) is 0 Å². The van der Waals surface area contributed by atoms with Crippen molar-refractivity contribution in [1.82, 2.24) is 4.90 Å². The molecule has 3 nitrogen and oxygen atoms in total. The molecular formula is C9H15NO2. The zero-order valence-electron chi connectivity index (χ0n) is 7.42. The fraction of sp³-hybridized carbons (Fsp3) is 0.889. The lowest BCUT2D eigenvalue weighted by Gasteiger charge is -2.34. The molecule has 3 heteroatoms. The van der Waals surface area contributed by atoms with Crippen LogP contribution in [0.2, 0.25) is 0 Å². The molecule has 0 bridgehead atoms. The van der Waals surface area contributed by atoms with Gasteiger partial charge >= 0.3 is 5.97 Å². The zero-order chi connectivity index (χ0) is 8.77. The van der Waals surface area contributed by atoms with Gasteiger partial charge in [-0.05, 0) is 38.1 Å². The summed E-state index contributed by atoms with van der Waals surface area (Å²) in [5, 5.41) is 8.86. The predicted molar refractivity (Wildman–Crippen MR) is 45.0 cm³/mol. The lowest BCUT2D eigenvalue weighted by molar-refractivity contribution is -0.144. The van der Waals surface area contributed by atoms with E-state index in [9.17, 15) is 4.79 Å². The topological polar surface area (TPSA) is 40.5 Å². The van der Waals surface area contributed by atoms with Crippen LogP contribution < -0.4 is 0 Å². The monoisotopic (exact) mass is 169 g/mol. The van der Waals surface area contributed by atoms with Crippen LogP contribution in [0.1, 0.15) is 25.7 Å². The molecule has 0 aromatic carbocycles. The molecule has 0 unspecified atom stereocenters. The minimum Gasteiger partial charge on any atom is -0.480 e. The molecule has 0 radical (unpaired) electrons. The average Bonchev–Trinajstić information content (AvgIpc) is 2.68. The summed E-state index contributed by atoms with van der Waals surface area (Å²) in [5.74, 6) is -0.659. The average molecular weight is 169 g/mol. The van der Waals surface area contributed by atoms with Crippen LogP contribution in [0.5, 0.6) is 0 Å². The predicted octanol–water partition coefficient (Wildman–Crippen LogP) is 0.945. The first kappa shape index (κ1) is 8.05. The first-order valence-electron chi connectivity index (χ1n) is 4.56.